The molecule has 0 unspecified atom stereocenters. The Morgan fingerprint density at radius 3 is 1.43 bits per heavy atom. The van der Waals surface area contributed by atoms with Crippen LogP contribution < -0.4 is 9.05 Å². The van der Waals surface area contributed by atoms with Crippen LogP contribution in [0.5, 0.6) is 11.5 Å². The van der Waals surface area contributed by atoms with Crippen LogP contribution in [0.25, 0.3) is 0 Å². The van der Waals surface area contributed by atoms with E-state index >= 15 is 4.20 Å². The summed E-state index contributed by atoms with van der Waals surface area (Å²) in [6.07, 6.45) is 0. The van der Waals surface area contributed by atoms with Crippen LogP contribution in [0.4, 0.5) is 4.20 Å². The molecule has 0 atom stereocenters. The van der Waals surface area contributed by atoms with E-state index in [-0.39, 0.29) is 16.7 Å². The Kier molecular flexibility index (Phi) is 5.30. The highest BCUT2D eigenvalue weighted by Crippen LogP contribution is 2.54. The maximum atomic E-state index is 15.1. The summed E-state index contributed by atoms with van der Waals surface area (Å²) in [6.45, 7) is 19.1. The second-order valence-electron chi connectivity index (χ2n) is 10.1. The predicted molar refractivity (Wildman–Crippen MR) is 117 cm³/mol. The van der Waals surface area contributed by atoms with Gasteiger partial charge in [0.25, 0.3) is 0 Å². The number of rotatable bonds is 0. The lowest BCUT2D eigenvalue weighted by Crippen LogP contribution is -2.19. The standard InChI is InChI=1S/C24H32FO2P/c1-14-10-17-16(3)18-11-15(2)13-20(24(7,8)9)22(18)27-28(25)26-21(17)19(12-14)23(4,5)6/h10-13,16H,1-9H3. The maximum absolute atomic E-state index is 15.1. The molecule has 0 N–H and O–H groups in total. The minimum Gasteiger partial charge on any atom is -0.414 e. The van der Waals surface area contributed by atoms with Crippen LogP contribution in [0, 0.1) is 13.8 Å². The molecule has 1 heterocycles. The molecule has 0 radical (unpaired) electrons. The van der Waals surface area contributed by atoms with E-state index in [1.54, 1.807) is 0 Å². The summed E-state index contributed by atoms with van der Waals surface area (Å²) in [5, 5.41) is 0. The van der Waals surface area contributed by atoms with Gasteiger partial charge in [0.05, 0.1) is 0 Å². The fourth-order valence-corrected chi connectivity index (χ4v) is 4.63. The van der Waals surface area contributed by atoms with Crippen LogP contribution in [-0.4, -0.2) is 0 Å². The number of benzene rings is 2. The molecule has 0 bridgehead atoms. The van der Waals surface area contributed by atoms with E-state index in [1.165, 1.54) is 0 Å². The summed E-state index contributed by atoms with van der Waals surface area (Å²) in [5.41, 5.74) is 6.12. The van der Waals surface area contributed by atoms with Gasteiger partial charge >= 0.3 is 8.69 Å². The third-order valence-electron chi connectivity index (χ3n) is 5.40. The Morgan fingerprint density at radius 1 is 0.750 bits per heavy atom. The van der Waals surface area contributed by atoms with Gasteiger partial charge in [0.1, 0.15) is 11.5 Å². The van der Waals surface area contributed by atoms with Crippen LogP contribution >= 0.6 is 8.69 Å². The Hall–Kier alpha value is -1.60. The average molecular weight is 402 g/mol. The molecule has 3 rings (SSSR count). The summed E-state index contributed by atoms with van der Waals surface area (Å²) in [6, 6.07) is 8.47. The first kappa shape index (κ1) is 21.1. The molecule has 0 aromatic heterocycles. The van der Waals surface area contributed by atoms with Gasteiger partial charge in [0, 0.05) is 28.2 Å². The third-order valence-corrected chi connectivity index (χ3v) is 6.05. The van der Waals surface area contributed by atoms with Gasteiger partial charge in [-0.05, 0) is 24.7 Å². The molecular weight excluding hydrogens is 370 g/mol. The smallest absolute Gasteiger partial charge is 0.414 e. The molecule has 1 aliphatic heterocycles. The molecular formula is C24H32FO2P. The second-order valence-corrected chi connectivity index (χ2v) is 10.9. The van der Waals surface area contributed by atoms with Crippen LogP contribution in [-0.2, 0) is 10.8 Å². The summed E-state index contributed by atoms with van der Waals surface area (Å²) in [7, 11) is -2.57. The molecule has 0 saturated heterocycles. The quantitative estimate of drug-likeness (QED) is 0.415. The van der Waals surface area contributed by atoms with Crippen molar-refractivity contribution in [2.75, 3.05) is 0 Å². The minimum absolute atomic E-state index is 0.0377. The van der Waals surface area contributed by atoms with Crippen molar-refractivity contribution in [2.24, 2.45) is 0 Å². The van der Waals surface area contributed by atoms with Gasteiger partial charge in [0.2, 0.25) is 0 Å². The van der Waals surface area contributed by atoms with Crippen molar-refractivity contribution in [2.45, 2.75) is 79.1 Å². The highest BCUT2D eigenvalue weighted by atomic mass is 31.2. The van der Waals surface area contributed by atoms with Gasteiger partial charge in [-0.25, -0.2) is 0 Å². The van der Waals surface area contributed by atoms with Crippen molar-refractivity contribution < 1.29 is 13.2 Å². The molecule has 2 aromatic carbocycles. The Bertz CT molecular complexity index is 833. The SMILES string of the molecule is Cc1cc2c(c(C(C)(C)C)c1)OP(F)Oc1c(cc(C)cc1C(C)(C)C)C2C. The van der Waals surface area contributed by atoms with E-state index in [0.29, 0.717) is 11.5 Å². The zero-order valence-electron chi connectivity index (χ0n) is 18.5. The lowest BCUT2D eigenvalue weighted by molar-refractivity contribution is 0.406. The summed E-state index contributed by atoms with van der Waals surface area (Å²) >= 11 is 0. The lowest BCUT2D eigenvalue weighted by Gasteiger charge is -2.33. The molecule has 0 spiro atoms. The van der Waals surface area contributed by atoms with E-state index in [2.05, 4.69) is 86.6 Å². The van der Waals surface area contributed by atoms with Crippen molar-refractivity contribution in [3.63, 3.8) is 0 Å². The fourth-order valence-electron chi connectivity index (χ4n) is 3.89. The Morgan fingerprint density at radius 2 is 1.11 bits per heavy atom. The molecule has 0 amide bonds. The number of fused-ring (bicyclic) bond motifs is 2. The normalized spacial score (nSPS) is 19.6. The molecule has 28 heavy (non-hydrogen) atoms. The monoisotopic (exact) mass is 402 g/mol. The van der Waals surface area contributed by atoms with Gasteiger partial charge in [-0.2, -0.15) is 0 Å². The number of halogens is 1. The van der Waals surface area contributed by atoms with Gasteiger partial charge in [-0.1, -0.05) is 83.9 Å². The van der Waals surface area contributed by atoms with E-state index < -0.39 is 8.69 Å². The van der Waals surface area contributed by atoms with Crippen molar-refractivity contribution in [1.29, 1.82) is 0 Å². The molecule has 2 aromatic rings. The van der Waals surface area contributed by atoms with Crippen LogP contribution in [0.15, 0.2) is 24.3 Å². The van der Waals surface area contributed by atoms with E-state index in [1.807, 2.05) is 0 Å². The molecule has 1 aliphatic rings. The summed E-state index contributed by atoms with van der Waals surface area (Å²) in [5.74, 6) is 1.32. The first-order chi connectivity index (χ1) is 12.8. The van der Waals surface area contributed by atoms with Crippen molar-refractivity contribution in [1.82, 2.24) is 0 Å². The van der Waals surface area contributed by atoms with Crippen LogP contribution in [0.1, 0.15) is 87.8 Å². The number of hydrogen-bond acceptors (Lipinski definition) is 2. The first-order valence-corrected chi connectivity index (χ1v) is 11.0. The maximum Gasteiger partial charge on any atom is 0.505 e. The van der Waals surface area contributed by atoms with Crippen LogP contribution in [0.3, 0.4) is 0 Å². The van der Waals surface area contributed by atoms with Gasteiger partial charge in [-0.3, -0.25) is 0 Å². The highest BCUT2D eigenvalue weighted by Gasteiger charge is 2.34. The van der Waals surface area contributed by atoms with Crippen molar-refractivity contribution >= 4 is 8.69 Å². The molecule has 2 nitrogen and oxygen atoms in total. The Labute approximate surface area is 170 Å². The fraction of sp³-hybridized carbons (Fsp3) is 0.500. The molecule has 0 aliphatic carbocycles. The van der Waals surface area contributed by atoms with Crippen molar-refractivity contribution in [3.8, 4) is 11.5 Å². The minimum atomic E-state index is -2.57. The zero-order chi connectivity index (χ0) is 21.0. The largest absolute Gasteiger partial charge is 0.505 e. The number of aryl methyl sites for hydroxylation is 2. The molecule has 4 heteroatoms. The third kappa shape index (κ3) is 3.92. The van der Waals surface area contributed by atoms with Crippen LogP contribution in [0.2, 0.25) is 0 Å². The summed E-state index contributed by atoms with van der Waals surface area (Å²) < 4.78 is 26.8. The van der Waals surface area contributed by atoms with E-state index in [9.17, 15) is 0 Å². The van der Waals surface area contributed by atoms with Crippen molar-refractivity contribution in [3.05, 3.63) is 57.6 Å². The lowest BCUT2D eigenvalue weighted by atomic mass is 9.79. The van der Waals surface area contributed by atoms with Gasteiger partial charge in [-0.15, -0.1) is 4.20 Å². The van der Waals surface area contributed by atoms with E-state index in [0.717, 1.165) is 33.4 Å². The number of hydrogen-bond donors (Lipinski definition) is 0. The average Bonchev–Trinajstić information content (AvgIpc) is 2.53. The zero-order valence-corrected chi connectivity index (χ0v) is 19.4. The molecule has 152 valence electrons. The topological polar surface area (TPSA) is 18.5 Å². The highest BCUT2D eigenvalue weighted by molar-refractivity contribution is 7.42. The molecule has 0 fully saturated rings. The predicted octanol–water partition coefficient (Wildman–Crippen LogP) is 8.02. The van der Waals surface area contributed by atoms with Gasteiger partial charge in [0.15, 0.2) is 0 Å². The first-order valence-electron chi connectivity index (χ1n) is 9.91. The molecule has 0 saturated carbocycles. The Balaban J connectivity index is 2.34. The van der Waals surface area contributed by atoms with E-state index in [4.69, 9.17) is 9.05 Å². The van der Waals surface area contributed by atoms with Gasteiger partial charge < -0.3 is 9.05 Å². The summed E-state index contributed by atoms with van der Waals surface area (Å²) in [4.78, 5) is 0. The second kappa shape index (κ2) is 7.02.